The van der Waals surface area contributed by atoms with Gasteiger partial charge < -0.3 is 5.32 Å². The molecule has 0 aromatic heterocycles. The van der Waals surface area contributed by atoms with E-state index >= 15 is 0 Å². The van der Waals surface area contributed by atoms with Crippen molar-refractivity contribution < 1.29 is 4.79 Å². The predicted molar refractivity (Wildman–Crippen MR) is 82.2 cm³/mol. The third-order valence-corrected chi connectivity index (χ3v) is 4.66. The topological polar surface area (TPSA) is 29.1 Å². The van der Waals surface area contributed by atoms with Crippen molar-refractivity contribution in [3.8, 4) is 0 Å². The van der Waals surface area contributed by atoms with Crippen LogP contribution in [0.2, 0.25) is 0 Å². The van der Waals surface area contributed by atoms with Crippen molar-refractivity contribution in [2.24, 2.45) is 0 Å². The molecule has 0 spiro atoms. The third-order valence-electron chi connectivity index (χ3n) is 3.50. The maximum atomic E-state index is 11.8. The predicted octanol–water partition coefficient (Wildman–Crippen LogP) is 4.69. The molecule has 2 aromatic rings. The second kappa shape index (κ2) is 5.25. The van der Waals surface area contributed by atoms with E-state index in [9.17, 15) is 4.79 Å². The van der Waals surface area contributed by atoms with Crippen LogP contribution in [0.1, 0.15) is 36.5 Å². The normalized spacial score (nSPS) is 13.0. The summed E-state index contributed by atoms with van der Waals surface area (Å²) in [6.45, 7) is 2.22. The van der Waals surface area contributed by atoms with Gasteiger partial charge in [0.25, 0.3) is 5.91 Å². The van der Waals surface area contributed by atoms with Gasteiger partial charge in [-0.1, -0.05) is 31.9 Å². The fourth-order valence-corrected chi connectivity index (χ4v) is 3.58. The molecule has 0 aliphatic carbocycles. The molecule has 1 N–H and O–H groups in total. The van der Waals surface area contributed by atoms with Crippen molar-refractivity contribution in [2.45, 2.75) is 31.1 Å². The minimum atomic E-state index is 0.0220. The molecule has 0 saturated carbocycles. The van der Waals surface area contributed by atoms with Crippen LogP contribution in [0.15, 0.2) is 35.2 Å². The summed E-state index contributed by atoms with van der Waals surface area (Å²) in [5.41, 5.74) is 1.76. The Morgan fingerprint density at radius 3 is 2.89 bits per heavy atom. The first-order chi connectivity index (χ1) is 9.31. The molecular formula is C16H17NOS. The van der Waals surface area contributed by atoms with E-state index in [4.69, 9.17) is 0 Å². The number of benzene rings is 2. The van der Waals surface area contributed by atoms with Gasteiger partial charge in [-0.3, -0.25) is 4.79 Å². The van der Waals surface area contributed by atoms with Gasteiger partial charge in [0, 0.05) is 21.5 Å². The van der Waals surface area contributed by atoms with Crippen LogP contribution >= 0.6 is 11.8 Å². The van der Waals surface area contributed by atoms with E-state index in [1.54, 1.807) is 0 Å². The molecule has 2 nitrogen and oxygen atoms in total. The Morgan fingerprint density at radius 1 is 1.16 bits per heavy atom. The number of amides is 1. The lowest BCUT2D eigenvalue weighted by Gasteiger charge is -2.07. The van der Waals surface area contributed by atoms with Crippen LogP contribution in [-0.2, 0) is 0 Å². The van der Waals surface area contributed by atoms with Crippen molar-refractivity contribution in [3.63, 3.8) is 0 Å². The number of carbonyl (C=O) groups excluding carboxylic acids is 1. The summed E-state index contributed by atoms with van der Waals surface area (Å²) < 4.78 is 0. The van der Waals surface area contributed by atoms with Gasteiger partial charge in [0.1, 0.15) is 0 Å². The molecule has 3 rings (SSSR count). The number of unbranched alkanes of at least 4 members (excludes halogenated alkanes) is 2. The number of nitrogens with one attached hydrogen (secondary N) is 1. The first-order valence-corrected chi connectivity index (χ1v) is 7.79. The number of thioether (sulfide) groups is 1. The van der Waals surface area contributed by atoms with Crippen LogP contribution in [0.25, 0.3) is 10.8 Å². The summed E-state index contributed by atoms with van der Waals surface area (Å²) in [6, 6.07) is 10.1. The molecule has 19 heavy (non-hydrogen) atoms. The van der Waals surface area contributed by atoms with Crippen molar-refractivity contribution >= 4 is 34.1 Å². The van der Waals surface area contributed by atoms with Gasteiger partial charge in [-0.15, -0.1) is 11.8 Å². The standard InChI is InChI=1S/C16H17NOS/c1-2-3-4-10-19-14-9-8-13-15-11(14)6-5-7-12(15)16(18)17-13/h5-9H,2-4,10H2,1H3,(H,17,18). The first-order valence-electron chi connectivity index (χ1n) is 6.81. The van der Waals surface area contributed by atoms with Gasteiger partial charge in [-0.25, -0.2) is 0 Å². The van der Waals surface area contributed by atoms with Crippen LogP contribution in [0.5, 0.6) is 0 Å². The zero-order valence-corrected chi connectivity index (χ0v) is 11.8. The summed E-state index contributed by atoms with van der Waals surface area (Å²) in [6.07, 6.45) is 3.79. The largest absolute Gasteiger partial charge is 0.321 e. The van der Waals surface area contributed by atoms with Crippen LogP contribution in [0.4, 0.5) is 5.69 Å². The van der Waals surface area contributed by atoms with Gasteiger partial charge in [0.2, 0.25) is 0 Å². The number of anilines is 1. The molecule has 3 heteroatoms. The van der Waals surface area contributed by atoms with Gasteiger partial charge in [-0.05, 0) is 35.8 Å². The highest BCUT2D eigenvalue weighted by Gasteiger charge is 2.21. The lowest BCUT2D eigenvalue weighted by Crippen LogP contribution is -2.03. The molecule has 0 bridgehead atoms. The Morgan fingerprint density at radius 2 is 2.05 bits per heavy atom. The monoisotopic (exact) mass is 271 g/mol. The summed E-state index contributed by atoms with van der Waals surface area (Å²) in [7, 11) is 0. The fourth-order valence-electron chi connectivity index (χ4n) is 2.52. The molecule has 98 valence electrons. The average molecular weight is 271 g/mol. The van der Waals surface area contributed by atoms with E-state index < -0.39 is 0 Å². The maximum absolute atomic E-state index is 11.8. The molecule has 0 unspecified atom stereocenters. The van der Waals surface area contributed by atoms with E-state index in [0.717, 1.165) is 22.4 Å². The number of hydrogen-bond acceptors (Lipinski definition) is 2. The van der Waals surface area contributed by atoms with E-state index in [2.05, 4.69) is 24.4 Å². The summed E-state index contributed by atoms with van der Waals surface area (Å²) in [5, 5.41) is 5.22. The second-order valence-electron chi connectivity index (χ2n) is 4.85. The van der Waals surface area contributed by atoms with E-state index in [0.29, 0.717) is 0 Å². The maximum Gasteiger partial charge on any atom is 0.256 e. The summed E-state index contributed by atoms with van der Waals surface area (Å²) in [4.78, 5) is 13.1. The van der Waals surface area contributed by atoms with Crippen LogP contribution < -0.4 is 5.32 Å². The van der Waals surface area contributed by atoms with Crippen LogP contribution in [-0.4, -0.2) is 11.7 Å². The third kappa shape index (κ3) is 2.23. The van der Waals surface area contributed by atoms with E-state index in [1.165, 1.54) is 29.5 Å². The number of rotatable bonds is 5. The Kier molecular flexibility index (Phi) is 3.47. The van der Waals surface area contributed by atoms with Crippen molar-refractivity contribution in [3.05, 3.63) is 35.9 Å². The van der Waals surface area contributed by atoms with Crippen LogP contribution in [0, 0.1) is 0 Å². The van der Waals surface area contributed by atoms with Crippen molar-refractivity contribution in [1.29, 1.82) is 0 Å². The lowest BCUT2D eigenvalue weighted by atomic mass is 10.1. The Hall–Kier alpha value is -1.48. The number of carbonyl (C=O) groups is 1. The highest BCUT2D eigenvalue weighted by molar-refractivity contribution is 7.99. The molecule has 0 atom stereocenters. The highest BCUT2D eigenvalue weighted by atomic mass is 32.2. The zero-order chi connectivity index (χ0) is 13.2. The Balaban J connectivity index is 1.95. The van der Waals surface area contributed by atoms with Gasteiger partial charge in [0.05, 0.1) is 0 Å². The van der Waals surface area contributed by atoms with Gasteiger partial charge in [-0.2, -0.15) is 0 Å². The SMILES string of the molecule is CCCCCSc1ccc2c3c(cccc13)C(=O)N2. The number of hydrogen-bond donors (Lipinski definition) is 1. The fraction of sp³-hybridized carbons (Fsp3) is 0.312. The minimum Gasteiger partial charge on any atom is -0.321 e. The lowest BCUT2D eigenvalue weighted by molar-refractivity contribution is 0.103. The van der Waals surface area contributed by atoms with Crippen molar-refractivity contribution in [1.82, 2.24) is 0 Å². The molecule has 0 fully saturated rings. The van der Waals surface area contributed by atoms with E-state index in [-0.39, 0.29) is 5.91 Å². The quantitative estimate of drug-likeness (QED) is 0.631. The summed E-state index contributed by atoms with van der Waals surface area (Å²) in [5.74, 6) is 1.17. The molecule has 2 aromatic carbocycles. The molecule has 1 aliphatic heterocycles. The summed E-state index contributed by atoms with van der Waals surface area (Å²) >= 11 is 1.90. The molecule has 0 radical (unpaired) electrons. The van der Waals surface area contributed by atoms with E-state index in [1.807, 2.05) is 30.0 Å². The molecule has 0 saturated heterocycles. The van der Waals surface area contributed by atoms with Gasteiger partial charge in [0.15, 0.2) is 0 Å². The van der Waals surface area contributed by atoms with Crippen molar-refractivity contribution in [2.75, 3.05) is 11.1 Å². The van der Waals surface area contributed by atoms with Crippen LogP contribution in [0.3, 0.4) is 0 Å². The zero-order valence-electron chi connectivity index (χ0n) is 11.0. The average Bonchev–Trinajstić information content (AvgIpc) is 2.76. The molecule has 1 aliphatic rings. The molecule has 1 amide bonds. The molecule has 1 heterocycles. The highest BCUT2D eigenvalue weighted by Crippen LogP contribution is 2.38. The molecular weight excluding hydrogens is 254 g/mol. The van der Waals surface area contributed by atoms with Gasteiger partial charge >= 0.3 is 0 Å². The Labute approximate surface area is 117 Å². The first kappa shape index (κ1) is 12.5. The smallest absolute Gasteiger partial charge is 0.256 e. The Bertz CT molecular complexity index is 636. The second-order valence-corrected chi connectivity index (χ2v) is 5.99. The minimum absolute atomic E-state index is 0.0220.